The van der Waals surface area contributed by atoms with Gasteiger partial charge in [0.15, 0.2) is 5.78 Å². The molecule has 0 aliphatic heterocycles. The van der Waals surface area contributed by atoms with Gasteiger partial charge in [-0.2, -0.15) is 0 Å². The second-order valence-electron chi connectivity index (χ2n) is 37.8. The predicted octanol–water partition coefficient (Wildman–Crippen LogP) is 25.8. The van der Waals surface area contributed by atoms with Crippen LogP contribution in [0.4, 0.5) is 0 Å². The normalized spacial score (nSPS) is 12.8. The Balaban J connectivity index is 0.000000145. The Hall–Kier alpha value is -14.1. The molecule has 0 saturated heterocycles. The van der Waals surface area contributed by atoms with Crippen molar-refractivity contribution < 1.29 is 109 Å². The molecule has 5 unspecified atom stereocenters. The summed E-state index contributed by atoms with van der Waals surface area (Å²) in [6.45, 7) is 17.0. The third-order valence-electron chi connectivity index (χ3n) is 26.1. The minimum absolute atomic E-state index is 0. The van der Waals surface area contributed by atoms with Crippen molar-refractivity contribution in [1.29, 1.82) is 0 Å². The zero-order valence-corrected chi connectivity index (χ0v) is 89.8. The molecular formula is C124H104N12O5Pt4-4. The molecule has 12 aromatic heterocycles. The number of benzene rings is 9. The van der Waals surface area contributed by atoms with Crippen molar-refractivity contribution in [2.45, 2.75) is 102 Å². The zero-order chi connectivity index (χ0) is 97.4. The number of rotatable bonds is 21. The summed E-state index contributed by atoms with van der Waals surface area (Å²) in [5.41, 5.74) is 26.3. The van der Waals surface area contributed by atoms with E-state index >= 15 is 0 Å². The molecule has 0 spiro atoms. The third kappa shape index (κ3) is 22.6. The molecule has 0 amide bonds. The fourth-order valence-electron chi connectivity index (χ4n) is 18.7. The van der Waals surface area contributed by atoms with Crippen LogP contribution >= 0.6 is 0 Å². The van der Waals surface area contributed by atoms with Crippen LogP contribution in [0.25, 0.3) is 101 Å². The fourth-order valence-corrected chi connectivity index (χ4v) is 18.7. The molecule has 0 bridgehead atoms. The summed E-state index contributed by atoms with van der Waals surface area (Å²) < 4.78 is 0. The molecule has 734 valence electrons. The average Bonchev–Trinajstić information content (AvgIpc) is 1.54. The van der Waals surface area contributed by atoms with Crippen LogP contribution in [-0.2, 0) is 101 Å². The molecule has 17 nitrogen and oxygen atoms in total. The molecule has 21 heteroatoms. The molecule has 0 saturated carbocycles. The molecular weight excluding hydrogens is 2520 g/mol. The number of phenolic OH excluding ortho intramolecular Hbond substituents is 1. The van der Waals surface area contributed by atoms with Crippen molar-refractivity contribution in [3.8, 4) is 84.9 Å². The SMILES string of the molecule is CC(C)(C)c1cc(-c2ccccn2)c2[n-]c(-c3cccc(C(c4ccccc4)C(O)c4ccccc4)n3)cc2c1.CC(C)(c1ccccn1)c1ccc(-c2ccc3cccc(C(O)C(C)(C)C)c3n2)[n-]1.O=C(c1ccccn1)c1ccc(-c2cccc(C(c3ccccc3)C(O)c3ccccc3)n2)[n-]1.Oc1ccccc1-c1ccc(-c2cccc(C3(c4ccccn4)c4ccccc4-c4ccccc43)n2)[n-]1.[Pt].[Pt].[Pt].[Pt]. The standard InChI is InChI=1S/C36H32N3O.C33H22N3O.C29H23N3O2.C26H28N3O.4Pt/c1-36(2,3)27-21-26-22-32(39-34(26)28(23-27)29-17-10-11-20-37-29)30-18-12-19-31(38-30)33(24-13-6-4-7-14-24)35(40)25-15-8-5-9-16-25;37-30-16-6-3-12-24(30)27-19-20-29(35-27)28-15-9-18-32(36-28)33(31-17-7-8-21-34-31)25-13-4-1-10-22(25)23-11-2-5-14-26(23)33;33-28(21-12-5-2-6-13-21)27(20-10-3-1-4-11-20)24-16-9-15-22(31-24)23-17-18-26(32-23)29(34)25-14-7-8-19-30-25;1-25(2,3)24(30)18-10-8-9-17-12-13-20(29-23(17)18)19-14-15-22(28-19)26(4,5)21-11-6-7-16-27-21;;;;/h4-23,33,35,40H,1-3H3;1-21H,(H-,35,36,37);1-19,27-28,33H,(H,31,32,34);6-16,24,30H,1-5H3;;;;/q2*-1;;-1;;;;/p-1. The van der Waals surface area contributed by atoms with Gasteiger partial charge in [0, 0.05) is 159 Å². The van der Waals surface area contributed by atoms with Gasteiger partial charge in [0.25, 0.3) is 0 Å². The van der Waals surface area contributed by atoms with E-state index in [1.807, 2.05) is 324 Å². The van der Waals surface area contributed by atoms with Gasteiger partial charge in [0.1, 0.15) is 16.9 Å². The van der Waals surface area contributed by atoms with Crippen LogP contribution in [0.2, 0.25) is 0 Å². The number of carbonyl (C=O) groups is 1. The number of aromatic nitrogens is 12. The maximum atomic E-state index is 12.7. The molecule has 9 aromatic carbocycles. The van der Waals surface area contributed by atoms with Gasteiger partial charge in [0.05, 0.1) is 64.1 Å². The summed E-state index contributed by atoms with van der Waals surface area (Å²) in [7, 11) is 0. The third-order valence-corrected chi connectivity index (χ3v) is 26.1. The molecule has 1 aliphatic rings. The first-order valence-electron chi connectivity index (χ1n) is 47.3. The average molecular weight is 2620 g/mol. The Bertz CT molecular complexity index is 7880. The van der Waals surface area contributed by atoms with E-state index in [1.54, 1.807) is 42.6 Å². The molecule has 21 aromatic rings. The Morgan fingerprint density at radius 3 is 1.36 bits per heavy atom. The number of pyridine rings is 8. The van der Waals surface area contributed by atoms with E-state index in [0.717, 1.165) is 135 Å². The topological polar surface area (TPSA) is 258 Å². The quantitative estimate of drug-likeness (QED) is 0.0488. The number of ketones is 1. The monoisotopic (exact) mass is 2620 g/mol. The summed E-state index contributed by atoms with van der Waals surface area (Å²) in [4.78, 5) is 70.3. The van der Waals surface area contributed by atoms with E-state index in [-0.39, 0.29) is 124 Å². The number of aliphatic hydroxyl groups is 3. The maximum absolute atomic E-state index is 12.7. The summed E-state index contributed by atoms with van der Waals surface area (Å²) >= 11 is 0. The first-order chi connectivity index (χ1) is 68.5. The number of aromatic hydroxyl groups is 1. The van der Waals surface area contributed by atoms with Crippen molar-refractivity contribution in [2.24, 2.45) is 5.41 Å². The number of hydrogen-bond acceptors (Lipinski definition) is 13. The van der Waals surface area contributed by atoms with Crippen LogP contribution in [0.3, 0.4) is 0 Å². The number of hydrogen-bond donors (Lipinski definition) is 4. The molecule has 0 fully saturated rings. The number of nitrogens with zero attached hydrogens (tertiary/aromatic N) is 12. The van der Waals surface area contributed by atoms with Crippen LogP contribution in [0, 0.1) is 5.41 Å². The number of carbonyl (C=O) groups excluding carboxylic acids is 1. The van der Waals surface area contributed by atoms with Crippen molar-refractivity contribution in [1.82, 2.24) is 59.8 Å². The number of aliphatic hydroxyl groups excluding tert-OH is 3. The minimum Gasteiger partial charge on any atom is -0.659 e. The van der Waals surface area contributed by atoms with Gasteiger partial charge in [-0.15, -0.1) is 39.7 Å². The summed E-state index contributed by atoms with van der Waals surface area (Å²) in [6, 6.07) is 133. The van der Waals surface area contributed by atoms with E-state index in [0.29, 0.717) is 28.3 Å². The number of fused-ring (bicyclic) bond motifs is 5. The molecule has 22 rings (SSSR count). The van der Waals surface area contributed by atoms with E-state index in [4.69, 9.17) is 39.9 Å². The molecule has 145 heavy (non-hydrogen) atoms. The smallest absolute Gasteiger partial charge is 0.189 e. The Labute approximate surface area is 902 Å². The summed E-state index contributed by atoms with van der Waals surface area (Å²) in [5.74, 6) is -0.718. The Kier molecular flexibility index (Phi) is 33.6. The van der Waals surface area contributed by atoms with E-state index in [1.165, 1.54) is 27.8 Å². The maximum Gasteiger partial charge on any atom is 0.189 e. The van der Waals surface area contributed by atoms with Crippen LogP contribution < -0.4 is 19.9 Å². The van der Waals surface area contributed by atoms with Gasteiger partial charge in [-0.1, -0.05) is 370 Å². The van der Waals surface area contributed by atoms with Gasteiger partial charge in [-0.05, 0) is 169 Å². The van der Waals surface area contributed by atoms with Crippen LogP contribution in [0.5, 0.6) is 5.75 Å². The van der Waals surface area contributed by atoms with E-state index < -0.39 is 23.7 Å². The minimum atomic E-state index is -0.778. The molecule has 4 N–H and O–H groups in total. The van der Waals surface area contributed by atoms with Gasteiger partial charge >= 0.3 is 0 Å². The number of para-hydroxylation sites is 2. The first-order valence-corrected chi connectivity index (χ1v) is 47.3. The van der Waals surface area contributed by atoms with Gasteiger partial charge in [-0.25, -0.2) is 4.98 Å². The Morgan fingerprint density at radius 1 is 0.331 bits per heavy atom. The number of phenols is 1. The van der Waals surface area contributed by atoms with E-state index in [2.05, 4.69) is 139 Å². The largest absolute Gasteiger partial charge is 0.659 e. The van der Waals surface area contributed by atoms with Crippen molar-refractivity contribution >= 4 is 27.6 Å². The first kappa shape index (κ1) is 105. The summed E-state index contributed by atoms with van der Waals surface area (Å²) in [5, 5.41) is 46.2. The molecule has 5 atom stereocenters. The fraction of sp³-hybridized carbons (Fsp3) is 0.137. The van der Waals surface area contributed by atoms with Crippen molar-refractivity contribution in [3.63, 3.8) is 0 Å². The van der Waals surface area contributed by atoms with Crippen molar-refractivity contribution in [2.75, 3.05) is 0 Å². The van der Waals surface area contributed by atoms with Gasteiger partial charge in [-0.3, -0.25) is 39.7 Å². The summed E-state index contributed by atoms with van der Waals surface area (Å²) in [6.07, 6.45) is 4.94. The second-order valence-corrected chi connectivity index (χ2v) is 37.8. The zero-order valence-electron chi connectivity index (χ0n) is 80.7. The molecule has 1 aliphatic carbocycles. The predicted molar refractivity (Wildman–Crippen MR) is 559 cm³/mol. The Morgan fingerprint density at radius 2 is 0.800 bits per heavy atom. The van der Waals surface area contributed by atoms with E-state index in [9.17, 15) is 25.2 Å². The van der Waals surface area contributed by atoms with Crippen LogP contribution in [0.15, 0.2) is 431 Å². The van der Waals surface area contributed by atoms with Crippen molar-refractivity contribution in [3.05, 3.63) is 521 Å². The van der Waals surface area contributed by atoms with Gasteiger partial charge in [0.2, 0.25) is 0 Å². The molecule has 0 radical (unpaired) electrons. The second kappa shape index (κ2) is 46.3. The molecule has 12 heterocycles. The van der Waals surface area contributed by atoms with Crippen LogP contribution in [-0.4, -0.2) is 66.1 Å². The van der Waals surface area contributed by atoms with Gasteiger partial charge < -0.3 is 40.4 Å². The van der Waals surface area contributed by atoms with Crippen LogP contribution in [0.1, 0.15) is 180 Å².